The lowest BCUT2D eigenvalue weighted by molar-refractivity contribution is 0.0500. The van der Waals surface area contributed by atoms with Crippen LogP contribution in [0, 0.1) is 0 Å². The van der Waals surface area contributed by atoms with Gasteiger partial charge >= 0.3 is 5.97 Å². The van der Waals surface area contributed by atoms with Crippen molar-refractivity contribution in [3.8, 4) is 16.9 Å². The fourth-order valence-corrected chi connectivity index (χ4v) is 3.46. The maximum atomic E-state index is 12.7. The van der Waals surface area contributed by atoms with Crippen molar-refractivity contribution < 1.29 is 14.3 Å². The van der Waals surface area contributed by atoms with Gasteiger partial charge in [0.25, 0.3) is 0 Å². The third-order valence-corrected chi connectivity index (χ3v) is 5.29. The summed E-state index contributed by atoms with van der Waals surface area (Å²) in [6, 6.07) is 15.7. The van der Waals surface area contributed by atoms with Crippen molar-refractivity contribution in [2.75, 3.05) is 13.2 Å². The van der Waals surface area contributed by atoms with E-state index in [1.807, 2.05) is 48.5 Å². The lowest BCUT2D eigenvalue weighted by atomic mass is 9.99. The first-order valence-corrected chi connectivity index (χ1v) is 11.8. The highest BCUT2D eigenvalue weighted by Crippen LogP contribution is 2.28. The largest absolute Gasteiger partial charge is 0.494 e. The molecule has 0 saturated heterocycles. The summed E-state index contributed by atoms with van der Waals surface area (Å²) in [5, 5.41) is 0. The first kappa shape index (κ1) is 24.0. The Morgan fingerprint density at radius 1 is 0.733 bits per heavy atom. The van der Waals surface area contributed by atoms with Crippen molar-refractivity contribution in [2.45, 2.75) is 78.1 Å². The van der Waals surface area contributed by atoms with Gasteiger partial charge in [0.15, 0.2) is 0 Å². The number of ether oxygens (including phenoxy) is 2. The zero-order valence-electron chi connectivity index (χ0n) is 18.8. The normalized spacial score (nSPS) is 10.7. The Morgan fingerprint density at radius 2 is 1.40 bits per heavy atom. The number of benzene rings is 2. The van der Waals surface area contributed by atoms with E-state index < -0.39 is 0 Å². The van der Waals surface area contributed by atoms with Crippen LogP contribution in [0.5, 0.6) is 5.75 Å². The zero-order valence-corrected chi connectivity index (χ0v) is 18.8. The summed E-state index contributed by atoms with van der Waals surface area (Å²) in [5.74, 6) is 0.458. The van der Waals surface area contributed by atoms with Gasteiger partial charge in [-0.1, -0.05) is 95.5 Å². The Hall–Kier alpha value is -2.29. The van der Waals surface area contributed by atoms with Crippen LogP contribution in [0.25, 0.3) is 11.1 Å². The lowest BCUT2D eigenvalue weighted by Crippen LogP contribution is -2.09. The summed E-state index contributed by atoms with van der Waals surface area (Å²) in [7, 11) is 0. The Kier molecular flexibility index (Phi) is 11.7. The number of hydrogen-bond donors (Lipinski definition) is 0. The van der Waals surface area contributed by atoms with Crippen molar-refractivity contribution >= 4 is 5.97 Å². The van der Waals surface area contributed by atoms with Crippen LogP contribution in [-0.2, 0) is 4.74 Å². The van der Waals surface area contributed by atoms with Crippen molar-refractivity contribution in [2.24, 2.45) is 0 Å². The molecule has 0 atom stereocenters. The number of carbonyl (C=O) groups excluding carboxylic acids is 1. The van der Waals surface area contributed by atoms with Gasteiger partial charge in [0.05, 0.1) is 18.8 Å². The molecule has 0 aromatic heterocycles. The maximum absolute atomic E-state index is 12.7. The van der Waals surface area contributed by atoms with E-state index in [0.29, 0.717) is 18.8 Å². The number of carbonyl (C=O) groups is 1. The second kappa shape index (κ2) is 14.7. The number of rotatable bonds is 15. The molecule has 0 bridgehead atoms. The molecule has 0 saturated carbocycles. The molecule has 0 radical (unpaired) electrons. The highest BCUT2D eigenvalue weighted by atomic mass is 16.5. The van der Waals surface area contributed by atoms with Crippen LogP contribution >= 0.6 is 0 Å². The van der Waals surface area contributed by atoms with E-state index in [1.165, 1.54) is 44.9 Å². The molecule has 30 heavy (non-hydrogen) atoms. The van der Waals surface area contributed by atoms with Gasteiger partial charge in [-0.25, -0.2) is 4.79 Å². The van der Waals surface area contributed by atoms with E-state index in [-0.39, 0.29) is 5.97 Å². The van der Waals surface area contributed by atoms with Crippen LogP contribution in [0.2, 0.25) is 0 Å². The molecule has 0 N–H and O–H groups in total. The monoisotopic (exact) mass is 410 g/mol. The van der Waals surface area contributed by atoms with E-state index >= 15 is 0 Å². The van der Waals surface area contributed by atoms with Gasteiger partial charge < -0.3 is 9.47 Å². The number of unbranched alkanes of at least 4 members (excludes halogenated alkanes) is 8. The second-order valence-corrected chi connectivity index (χ2v) is 7.89. The molecule has 2 rings (SSSR count). The Balaban J connectivity index is 1.92. The molecule has 0 aliphatic rings. The van der Waals surface area contributed by atoms with E-state index in [9.17, 15) is 4.79 Å². The molecule has 0 spiro atoms. The molecular formula is C27H38O3. The Morgan fingerprint density at radius 3 is 2.10 bits per heavy atom. The molecule has 0 aliphatic carbocycles. The standard InChI is InChI=1S/C27H38O3/c1-3-5-7-8-9-10-11-15-21-29-24-18-19-25(23-16-13-12-14-17-23)26(22-24)27(28)30-20-6-4-2/h12-14,16-19,22H,3-11,15,20-21H2,1-2H3. The van der Waals surface area contributed by atoms with Crippen LogP contribution in [0.3, 0.4) is 0 Å². The Bertz CT molecular complexity index is 724. The minimum Gasteiger partial charge on any atom is -0.494 e. The highest BCUT2D eigenvalue weighted by molar-refractivity contribution is 5.97. The molecule has 2 aromatic carbocycles. The van der Waals surface area contributed by atoms with Crippen molar-refractivity contribution in [1.29, 1.82) is 0 Å². The van der Waals surface area contributed by atoms with Crippen LogP contribution in [0.1, 0.15) is 88.4 Å². The molecule has 0 unspecified atom stereocenters. The number of esters is 1. The van der Waals surface area contributed by atoms with Gasteiger partial charge in [0.1, 0.15) is 5.75 Å². The summed E-state index contributed by atoms with van der Waals surface area (Å²) < 4.78 is 11.4. The van der Waals surface area contributed by atoms with E-state index in [2.05, 4.69) is 13.8 Å². The van der Waals surface area contributed by atoms with Gasteiger partial charge in [0.2, 0.25) is 0 Å². The third-order valence-electron chi connectivity index (χ3n) is 5.29. The molecule has 0 heterocycles. The van der Waals surface area contributed by atoms with Gasteiger partial charge in [-0.05, 0) is 42.2 Å². The topological polar surface area (TPSA) is 35.5 Å². The molecular weight excluding hydrogens is 372 g/mol. The summed E-state index contributed by atoms with van der Waals surface area (Å²) in [4.78, 5) is 12.7. The van der Waals surface area contributed by atoms with Gasteiger partial charge in [-0.2, -0.15) is 0 Å². The van der Waals surface area contributed by atoms with Gasteiger partial charge in [-0.3, -0.25) is 0 Å². The molecule has 2 aromatic rings. The fourth-order valence-electron chi connectivity index (χ4n) is 3.46. The Labute approximate surface area is 182 Å². The minimum absolute atomic E-state index is 0.278. The summed E-state index contributed by atoms with van der Waals surface area (Å²) in [6.07, 6.45) is 12.1. The summed E-state index contributed by atoms with van der Waals surface area (Å²) in [5.41, 5.74) is 2.47. The molecule has 0 amide bonds. The zero-order chi connectivity index (χ0) is 21.4. The predicted octanol–water partition coefficient (Wildman–Crippen LogP) is 7.83. The first-order chi connectivity index (χ1) is 14.8. The SMILES string of the molecule is CCCCCCCCCCOc1ccc(-c2ccccc2)c(C(=O)OCCCC)c1. The average Bonchev–Trinajstić information content (AvgIpc) is 2.78. The molecule has 0 aliphatic heterocycles. The van der Waals surface area contributed by atoms with Crippen LogP contribution in [-0.4, -0.2) is 19.2 Å². The summed E-state index contributed by atoms with van der Waals surface area (Å²) in [6.45, 7) is 5.47. The van der Waals surface area contributed by atoms with Gasteiger partial charge in [0, 0.05) is 0 Å². The smallest absolute Gasteiger partial charge is 0.338 e. The third kappa shape index (κ3) is 8.61. The van der Waals surface area contributed by atoms with Crippen molar-refractivity contribution in [3.63, 3.8) is 0 Å². The lowest BCUT2D eigenvalue weighted by Gasteiger charge is -2.13. The first-order valence-electron chi connectivity index (χ1n) is 11.8. The maximum Gasteiger partial charge on any atom is 0.338 e. The van der Waals surface area contributed by atoms with E-state index in [1.54, 1.807) is 0 Å². The van der Waals surface area contributed by atoms with Crippen LogP contribution < -0.4 is 4.74 Å². The molecule has 3 nitrogen and oxygen atoms in total. The van der Waals surface area contributed by atoms with E-state index in [0.717, 1.165) is 36.1 Å². The number of hydrogen-bond acceptors (Lipinski definition) is 3. The van der Waals surface area contributed by atoms with E-state index in [4.69, 9.17) is 9.47 Å². The second-order valence-electron chi connectivity index (χ2n) is 7.89. The fraction of sp³-hybridized carbons (Fsp3) is 0.519. The average molecular weight is 411 g/mol. The molecule has 164 valence electrons. The minimum atomic E-state index is -0.278. The highest BCUT2D eigenvalue weighted by Gasteiger charge is 2.15. The predicted molar refractivity (Wildman–Crippen MR) is 125 cm³/mol. The van der Waals surface area contributed by atoms with Gasteiger partial charge in [-0.15, -0.1) is 0 Å². The molecule has 3 heteroatoms. The van der Waals surface area contributed by atoms with Crippen LogP contribution in [0.15, 0.2) is 48.5 Å². The summed E-state index contributed by atoms with van der Waals surface area (Å²) >= 11 is 0. The van der Waals surface area contributed by atoms with Crippen molar-refractivity contribution in [3.05, 3.63) is 54.1 Å². The van der Waals surface area contributed by atoms with Crippen LogP contribution in [0.4, 0.5) is 0 Å². The van der Waals surface area contributed by atoms with Crippen molar-refractivity contribution in [1.82, 2.24) is 0 Å². The molecule has 0 fully saturated rings. The quantitative estimate of drug-likeness (QED) is 0.222.